The van der Waals surface area contributed by atoms with Crippen LogP contribution in [0.4, 0.5) is 0 Å². The van der Waals surface area contributed by atoms with Crippen molar-refractivity contribution >= 4 is 0 Å². The maximum Gasteiger partial charge on any atom is 0.0920 e. The molecule has 0 spiro atoms. The third kappa shape index (κ3) is 1.68. The lowest BCUT2D eigenvalue weighted by Gasteiger charge is -2.35. The molecule has 2 N–H and O–H groups in total. The molecule has 1 fully saturated rings. The van der Waals surface area contributed by atoms with E-state index in [-0.39, 0.29) is 5.66 Å². The van der Waals surface area contributed by atoms with E-state index in [9.17, 15) is 0 Å². The molecule has 1 aliphatic heterocycles. The van der Waals surface area contributed by atoms with Gasteiger partial charge in [0, 0.05) is 13.1 Å². The topological polar surface area (TPSA) is 29.3 Å². The SMILES string of the molecule is C[C@@](N)(c1ccccc1)N1CCCC1. The van der Waals surface area contributed by atoms with Gasteiger partial charge in [0.05, 0.1) is 5.66 Å². The van der Waals surface area contributed by atoms with Crippen molar-refractivity contribution in [2.45, 2.75) is 25.4 Å². The van der Waals surface area contributed by atoms with E-state index in [2.05, 4.69) is 36.1 Å². The number of hydrogen-bond acceptors (Lipinski definition) is 2. The first-order chi connectivity index (χ1) is 6.71. The summed E-state index contributed by atoms with van der Waals surface area (Å²) in [5, 5.41) is 0. The second-order valence-corrected chi connectivity index (χ2v) is 4.21. The molecule has 1 aliphatic rings. The lowest BCUT2D eigenvalue weighted by molar-refractivity contribution is 0.142. The molecule has 2 rings (SSSR count). The highest BCUT2D eigenvalue weighted by Crippen LogP contribution is 2.25. The van der Waals surface area contributed by atoms with Crippen LogP contribution in [0.5, 0.6) is 0 Å². The van der Waals surface area contributed by atoms with Crippen LogP contribution in [0.2, 0.25) is 0 Å². The molecule has 1 aromatic carbocycles. The monoisotopic (exact) mass is 190 g/mol. The summed E-state index contributed by atoms with van der Waals surface area (Å²) in [5.41, 5.74) is 7.29. The minimum Gasteiger partial charge on any atom is -0.310 e. The molecular formula is C12H18N2. The first-order valence-corrected chi connectivity index (χ1v) is 5.31. The van der Waals surface area contributed by atoms with Gasteiger partial charge in [0.1, 0.15) is 0 Å². The van der Waals surface area contributed by atoms with E-state index in [0.717, 1.165) is 13.1 Å². The Bertz CT molecular complexity index is 286. The van der Waals surface area contributed by atoms with E-state index in [1.54, 1.807) is 0 Å². The normalized spacial score (nSPS) is 22.1. The summed E-state index contributed by atoms with van der Waals surface area (Å²) in [5.74, 6) is 0. The molecule has 0 radical (unpaired) electrons. The Morgan fingerprint density at radius 3 is 2.29 bits per heavy atom. The van der Waals surface area contributed by atoms with Gasteiger partial charge in [0.25, 0.3) is 0 Å². The molecular weight excluding hydrogens is 172 g/mol. The van der Waals surface area contributed by atoms with E-state index in [4.69, 9.17) is 5.73 Å². The molecule has 0 amide bonds. The highest BCUT2D eigenvalue weighted by Gasteiger charge is 2.30. The fraction of sp³-hybridized carbons (Fsp3) is 0.500. The van der Waals surface area contributed by atoms with E-state index in [0.29, 0.717) is 0 Å². The Morgan fingerprint density at radius 1 is 1.14 bits per heavy atom. The van der Waals surface area contributed by atoms with Gasteiger partial charge in [-0.15, -0.1) is 0 Å². The number of benzene rings is 1. The smallest absolute Gasteiger partial charge is 0.0920 e. The average Bonchev–Trinajstić information content (AvgIpc) is 2.72. The van der Waals surface area contributed by atoms with Crippen LogP contribution in [0.1, 0.15) is 25.3 Å². The highest BCUT2D eigenvalue weighted by atomic mass is 15.3. The van der Waals surface area contributed by atoms with Crippen LogP contribution in [0.25, 0.3) is 0 Å². The number of nitrogens with zero attached hydrogens (tertiary/aromatic N) is 1. The summed E-state index contributed by atoms with van der Waals surface area (Å²) in [6, 6.07) is 10.4. The molecule has 0 aliphatic carbocycles. The summed E-state index contributed by atoms with van der Waals surface area (Å²) >= 11 is 0. The summed E-state index contributed by atoms with van der Waals surface area (Å²) in [6.07, 6.45) is 2.55. The molecule has 0 aromatic heterocycles. The predicted molar refractivity (Wildman–Crippen MR) is 58.8 cm³/mol. The maximum absolute atomic E-state index is 6.37. The fourth-order valence-electron chi connectivity index (χ4n) is 2.14. The van der Waals surface area contributed by atoms with Crippen LogP contribution in [0.15, 0.2) is 30.3 Å². The van der Waals surface area contributed by atoms with Crippen LogP contribution >= 0.6 is 0 Å². The van der Waals surface area contributed by atoms with Crippen molar-refractivity contribution in [3.63, 3.8) is 0 Å². The molecule has 2 heteroatoms. The van der Waals surface area contributed by atoms with Crippen molar-refractivity contribution in [1.29, 1.82) is 0 Å². The van der Waals surface area contributed by atoms with Crippen LogP contribution in [-0.4, -0.2) is 18.0 Å². The Balaban J connectivity index is 2.22. The van der Waals surface area contributed by atoms with E-state index < -0.39 is 0 Å². The molecule has 1 atom stereocenters. The molecule has 0 unspecified atom stereocenters. The lowest BCUT2D eigenvalue weighted by Crippen LogP contribution is -2.49. The molecule has 1 heterocycles. The van der Waals surface area contributed by atoms with Crippen molar-refractivity contribution in [1.82, 2.24) is 4.90 Å². The predicted octanol–water partition coefficient (Wildman–Crippen LogP) is 1.91. The molecule has 76 valence electrons. The molecule has 0 saturated carbocycles. The van der Waals surface area contributed by atoms with Gasteiger partial charge in [0.2, 0.25) is 0 Å². The van der Waals surface area contributed by atoms with Crippen LogP contribution in [0, 0.1) is 0 Å². The fourth-order valence-corrected chi connectivity index (χ4v) is 2.14. The third-order valence-electron chi connectivity index (χ3n) is 3.12. The van der Waals surface area contributed by atoms with E-state index in [1.165, 1.54) is 18.4 Å². The second kappa shape index (κ2) is 3.71. The van der Waals surface area contributed by atoms with Crippen molar-refractivity contribution < 1.29 is 0 Å². The number of nitrogens with two attached hydrogens (primary N) is 1. The molecule has 14 heavy (non-hydrogen) atoms. The van der Waals surface area contributed by atoms with E-state index >= 15 is 0 Å². The highest BCUT2D eigenvalue weighted by molar-refractivity contribution is 5.22. The van der Waals surface area contributed by atoms with Gasteiger partial charge in [-0.2, -0.15) is 0 Å². The summed E-state index contributed by atoms with van der Waals surface area (Å²) in [4.78, 5) is 2.36. The van der Waals surface area contributed by atoms with Crippen molar-refractivity contribution in [2.24, 2.45) is 5.73 Å². The first-order valence-electron chi connectivity index (χ1n) is 5.31. The van der Waals surface area contributed by atoms with Crippen molar-refractivity contribution in [3.05, 3.63) is 35.9 Å². The van der Waals surface area contributed by atoms with Crippen LogP contribution in [-0.2, 0) is 5.66 Å². The Labute approximate surface area is 85.7 Å². The second-order valence-electron chi connectivity index (χ2n) is 4.21. The molecule has 0 bridgehead atoms. The largest absolute Gasteiger partial charge is 0.310 e. The van der Waals surface area contributed by atoms with Gasteiger partial charge in [0.15, 0.2) is 0 Å². The third-order valence-corrected chi connectivity index (χ3v) is 3.12. The number of hydrogen-bond donors (Lipinski definition) is 1. The van der Waals surface area contributed by atoms with E-state index in [1.807, 2.05) is 6.07 Å². The van der Waals surface area contributed by atoms with Gasteiger partial charge >= 0.3 is 0 Å². The van der Waals surface area contributed by atoms with Gasteiger partial charge in [-0.25, -0.2) is 0 Å². The average molecular weight is 190 g/mol. The zero-order valence-electron chi connectivity index (χ0n) is 8.74. The van der Waals surface area contributed by atoms with Gasteiger partial charge in [-0.1, -0.05) is 30.3 Å². The lowest BCUT2D eigenvalue weighted by atomic mass is 10.0. The Morgan fingerprint density at radius 2 is 1.71 bits per heavy atom. The maximum atomic E-state index is 6.37. The van der Waals surface area contributed by atoms with Crippen molar-refractivity contribution in [2.75, 3.05) is 13.1 Å². The number of rotatable bonds is 2. The van der Waals surface area contributed by atoms with Crippen molar-refractivity contribution in [3.8, 4) is 0 Å². The van der Waals surface area contributed by atoms with Gasteiger partial charge in [-0.05, 0) is 25.3 Å². The van der Waals surface area contributed by atoms with Crippen LogP contribution in [0.3, 0.4) is 0 Å². The molecule has 1 aromatic rings. The standard InChI is InChI=1S/C12H18N2/c1-12(13,14-9-5-6-10-14)11-7-3-2-4-8-11/h2-4,7-8H,5-6,9-10,13H2,1H3/t12-/m0/s1. The first kappa shape index (κ1) is 9.69. The van der Waals surface area contributed by atoms with Gasteiger partial charge in [-0.3, -0.25) is 4.90 Å². The zero-order valence-corrected chi connectivity index (χ0v) is 8.74. The Hall–Kier alpha value is -0.860. The van der Waals surface area contributed by atoms with Crippen LogP contribution < -0.4 is 5.73 Å². The molecule has 1 saturated heterocycles. The minimum absolute atomic E-state index is 0.294. The summed E-state index contributed by atoms with van der Waals surface area (Å²) in [7, 11) is 0. The zero-order chi connectivity index (χ0) is 10.0. The summed E-state index contributed by atoms with van der Waals surface area (Å²) in [6.45, 7) is 4.36. The number of likely N-dealkylation sites (tertiary alicyclic amines) is 1. The minimum atomic E-state index is -0.294. The quantitative estimate of drug-likeness (QED) is 0.772. The molecule has 2 nitrogen and oxygen atoms in total. The summed E-state index contributed by atoms with van der Waals surface area (Å²) < 4.78 is 0. The Kier molecular flexibility index (Phi) is 2.57. The van der Waals surface area contributed by atoms with Gasteiger partial charge < -0.3 is 5.73 Å².